The third kappa shape index (κ3) is 2.49. The lowest BCUT2D eigenvalue weighted by Crippen LogP contribution is -2.66. The molecular weight excluding hydrogens is 320 g/mol. The highest BCUT2D eigenvalue weighted by atomic mass is 16.5. The van der Waals surface area contributed by atoms with Gasteiger partial charge in [-0.05, 0) is 24.6 Å². The van der Waals surface area contributed by atoms with Crippen LogP contribution < -0.4 is 9.64 Å². The van der Waals surface area contributed by atoms with Gasteiger partial charge < -0.3 is 14.4 Å². The maximum Gasteiger partial charge on any atom is 0.213 e. The van der Waals surface area contributed by atoms with Crippen molar-refractivity contribution in [2.24, 2.45) is 5.92 Å². The fourth-order valence-corrected chi connectivity index (χ4v) is 3.64. The molecule has 0 amide bonds. The highest BCUT2D eigenvalue weighted by Crippen LogP contribution is 2.41. The standard InChI is InChI=1S/C17H18N6O2/c1-2-7-18-16(3-1)24-9-13-6-8-25-17(13)10-22(11-17)15-5-4-14-20-19-12-23(14)21-15/h1-5,7,12-13H,6,8-11H2/t13-/m1/s1. The van der Waals surface area contributed by atoms with E-state index in [9.17, 15) is 0 Å². The lowest BCUT2D eigenvalue weighted by molar-refractivity contribution is -0.0529. The molecule has 8 heteroatoms. The van der Waals surface area contributed by atoms with Crippen molar-refractivity contribution in [1.82, 2.24) is 24.8 Å². The van der Waals surface area contributed by atoms with Gasteiger partial charge in [0.25, 0.3) is 0 Å². The topological polar surface area (TPSA) is 77.7 Å². The van der Waals surface area contributed by atoms with Crippen LogP contribution in [0.3, 0.4) is 0 Å². The molecule has 0 unspecified atom stereocenters. The van der Waals surface area contributed by atoms with Gasteiger partial charge in [0.1, 0.15) is 17.7 Å². The summed E-state index contributed by atoms with van der Waals surface area (Å²) in [5.74, 6) is 1.95. The van der Waals surface area contributed by atoms with Crippen molar-refractivity contribution in [1.29, 1.82) is 0 Å². The minimum absolute atomic E-state index is 0.140. The Labute approximate surface area is 144 Å². The second-order valence-electron chi connectivity index (χ2n) is 6.56. The van der Waals surface area contributed by atoms with Gasteiger partial charge in [-0.3, -0.25) is 0 Å². The van der Waals surface area contributed by atoms with Gasteiger partial charge in [-0.2, -0.15) is 4.52 Å². The molecule has 1 spiro atoms. The van der Waals surface area contributed by atoms with Gasteiger partial charge in [0.15, 0.2) is 5.65 Å². The van der Waals surface area contributed by atoms with E-state index in [1.165, 1.54) is 0 Å². The van der Waals surface area contributed by atoms with E-state index in [0.717, 1.165) is 37.6 Å². The summed E-state index contributed by atoms with van der Waals surface area (Å²) in [6.07, 6.45) is 4.37. The first-order valence-corrected chi connectivity index (χ1v) is 8.42. The SMILES string of the molecule is c1ccc(OC[C@H]2CCOC23CN(c2ccc4nncn4n2)C3)nc1. The molecule has 1 atom stereocenters. The van der Waals surface area contributed by atoms with Gasteiger partial charge in [-0.1, -0.05) is 6.07 Å². The summed E-state index contributed by atoms with van der Waals surface area (Å²) in [6, 6.07) is 9.61. The van der Waals surface area contributed by atoms with Crippen molar-refractivity contribution in [2.45, 2.75) is 12.0 Å². The smallest absolute Gasteiger partial charge is 0.213 e. The fraction of sp³-hybridized carbons (Fsp3) is 0.412. The van der Waals surface area contributed by atoms with E-state index in [1.54, 1.807) is 17.0 Å². The molecule has 0 radical (unpaired) electrons. The molecule has 0 bridgehead atoms. The van der Waals surface area contributed by atoms with Crippen LogP contribution in [0.25, 0.3) is 5.65 Å². The molecule has 8 nitrogen and oxygen atoms in total. The van der Waals surface area contributed by atoms with Crippen LogP contribution in [0.5, 0.6) is 5.88 Å². The third-order valence-electron chi connectivity index (χ3n) is 5.06. The summed E-state index contributed by atoms with van der Waals surface area (Å²) >= 11 is 0. The number of anilines is 1. The highest BCUT2D eigenvalue weighted by molar-refractivity contribution is 5.48. The first-order chi connectivity index (χ1) is 12.3. The molecule has 5 rings (SSSR count). The maximum absolute atomic E-state index is 6.10. The molecule has 2 aliphatic rings. The van der Waals surface area contributed by atoms with Gasteiger partial charge in [-0.25, -0.2) is 4.98 Å². The lowest BCUT2D eigenvalue weighted by atomic mass is 9.81. The fourth-order valence-electron chi connectivity index (χ4n) is 3.64. The van der Waals surface area contributed by atoms with Crippen LogP contribution in [0, 0.1) is 5.92 Å². The van der Waals surface area contributed by atoms with Crippen LogP contribution >= 0.6 is 0 Å². The normalized spacial score (nSPS) is 21.6. The minimum Gasteiger partial charge on any atom is -0.477 e. The van der Waals surface area contributed by atoms with Gasteiger partial charge in [0.05, 0.1) is 19.7 Å². The van der Waals surface area contributed by atoms with Crippen LogP contribution in [0.2, 0.25) is 0 Å². The average molecular weight is 338 g/mol. The van der Waals surface area contributed by atoms with Gasteiger partial charge >= 0.3 is 0 Å². The molecule has 0 aliphatic carbocycles. The van der Waals surface area contributed by atoms with Gasteiger partial charge in [0.2, 0.25) is 5.88 Å². The van der Waals surface area contributed by atoms with Gasteiger partial charge in [-0.15, -0.1) is 15.3 Å². The molecule has 0 N–H and O–H groups in total. The number of rotatable bonds is 4. The van der Waals surface area contributed by atoms with Crippen LogP contribution in [0.4, 0.5) is 5.82 Å². The van der Waals surface area contributed by atoms with Crippen molar-refractivity contribution in [3.05, 3.63) is 42.9 Å². The predicted octanol–water partition coefficient (Wildman–Crippen LogP) is 1.19. The number of aromatic nitrogens is 5. The van der Waals surface area contributed by atoms with Crippen LogP contribution in [0.15, 0.2) is 42.9 Å². The molecule has 5 heterocycles. The Morgan fingerprint density at radius 1 is 1.24 bits per heavy atom. The number of nitrogens with zero attached hydrogens (tertiary/aromatic N) is 6. The Morgan fingerprint density at radius 2 is 2.20 bits per heavy atom. The Hall–Kier alpha value is -2.74. The second-order valence-corrected chi connectivity index (χ2v) is 6.56. The Morgan fingerprint density at radius 3 is 3.08 bits per heavy atom. The van der Waals surface area contributed by atoms with Crippen molar-refractivity contribution < 1.29 is 9.47 Å². The van der Waals surface area contributed by atoms with E-state index in [2.05, 4.69) is 25.2 Å². The molecule has 3 aromatic heterocycles. The first kappa shape index (κ1) is 14.6. The molecule has 128 valence electrons. The molecule has 0 saturated carbocycles. The van der Waals surface area contributed by atoms with Crippen LogP contribution in [-0.4, -0.2) is 56.7 Å². The Kier molecular flexibility index (Phi) is 3.30. The number of fused-ring (bicyclic) bond motifs is 1. The third-order valence-corrected chi connectivity index (χ3v) is 5.06. The summed E-state index contributed by atoms with van der Waals surface area (Å²) < 4.78 is 13.7. The van der Waals surface area contributed by atoms with E-state index in [-0.39, 0.29) is 5.60 Å². The Balaban J connectivity index is 1.26. The minimum atomic E-state index is -0.140. The molecular formula is C17H18N6O2. The van der Waals surface area contributed by atoms with E-state index in [4.69, 9.17) is 9.47 Å². The maximum atomic E-state index is 6.10. The monoisotopic (exact) mass is 338 g/mol. The molecule has 2 fully saturated rings. The number of pyridine rings is 1. The molecule has 25 heavy (non-hydrogen) atoms. The van der Waals surface area contributed by atoms with E-state index in [0.29, 0.717) is 18.4 Å². The highest BCUT2D eigenvalue weighted by Gasteiger charge is 2.53. The number of ether oxygens (including phenoxy) is 2. The summed E-state index contributed by atoms with van der Waals surface area (Å²) in [6.45, 7) is 3.05. The van der Waals surface area contributed by atoms with Crippen LogP contribution in [0.1, 0.15) is 6.42 Å². The molecule has 2 saturated heterocycles. The van der Waals surface area contributed by atoms with E-state index >= 15 is 0 Å². The average Bonchev–Trinajstić information content (AvgIpc) is 3.25. The summed E-state index contributed by atoms with van der Waals surface area (Å²) in [4.78, 5) is 6.44. The van der Waals surface area contributed by atoms with E-state index < -0.39 is 0 Å². The molecule has 0 aromatic carbocycles. The Bertz CT molecular complexity index is 877. The van der Waals surface area contributed by atoms with Gasteiger partial charge in [0, 0.05) is 24.8 Å². The van der Waals surface area contributed by atoms with Crippen LogP contribution in [-0.2, 0) is 4.74 Å². The molecule has 3 aromatic rings. The quantitative estimate of drug-likeness (QED) is 0.707. The number of hydrogen-bond donors (Lipinski definition) is 0. The predicted molar refractivity (Wildman–Crippen MR) is 89.5 cm³/mol. The first-order valence-electron chi connectivity index (χ1n) is 8.42. The summed E-state index contributed by atoms with van der Waals surface area (Å²) in [5.41, 5.74) is 0.608. The van der Waals surface area contributed by atoms with Crippen molar-refractivity contribution >= 4 is 11.5 Å². The zero-order chi connectivity index (χ0) is 16.7. The second kappa shape index (κ2) is 5.66. The largest absolute Gasteiger partial charge is 0.477 e. The van der Waals surface area contributed by atoms with Crippen molar-refractivity contribution in [3.63, 3.8) is 0 Å². The number of hydrogen-bond acceptors (Lipinski definition) is 7. The summed E-state index contributed by atoms with van der Waals surface area (Å²) in [5, 5.41) is 12.4. The lowest BCUT2D eigenvalue weighted by Gasteiger charge is -2.50. The zero-order valence-corrected chi connectivity index (χ0v) is 13.7. The van der Waals surface area contributed by atoms with Crippen molar-refractivity contribution in [3.8, 4) is 5.88 Å². The van der Waals surface area contributed by atoms with Crippen molar-refractivity contribution in [2.75, 3.05) is 31.2 Å². The zero-order valence-electron chi connectivity index (χ0n) is 13.7. The molecule has 2 aliphatic heterocycles. The summed E-state index contributed by atoms with van der Waals surface area (Å²) in [7, 11) is 0. The van der Waals surface area contributed by atoms with E-state index in [1.807, 2.05) is 30.3 Å².